The zero-order chi connectivity index (χ0) is 18.3. The summed E-state index contributed by atoms with van der Waals surface area (Å²) >= 11 is 0. The van der Waals surface area contributed by atoms with Gasteiger partial charge in [0.2, 0.25) is 0 Å². The molecule has 6 nitrogen and oxygen atoms in total. The number of unbranched alkanes of at least 4 members (excludes halogenated alkanes) is 1. The van der Waals surface area contributed by atoms with Gasteiger partial charge in [-0.2, -0.15) is 0 Å². The molecule has 0 aliphatic heterocycles. The van der Waals surface area contributed by atoms with Crippen LogP contribution in [-0.2, 0) is 16.4 Å². The summed E-state index contributed by atoms with van der Waals surface area (Å²) < 4.78 is 23.0. The maximum Gasteiger partial charge on any atom is 0.322 e. The van der Waals surface area contributed by atoms with Gasteiger partial charge in [-0.25, -0.2) is 13.2 Å². The van der Waals surface area contributed by atoms with Gasteiger partial charge >= 0.3 is 6.03 Å². The van der Waals surface area contributed by atoms with E-state index in [4.69, 9.17) is 0 Å². The molecule has 2 rings (SSSR count). The van der Waals surface area contributed by atoms with Gasteiger partial charge in [0.05, 0.1) is 4.90 Å². The number of nitrogens with one attached hydrogen (secondary N) is 1. The van der Waals surface area contributed by atoms with Crippen molar-refractivity contribution in [3.05, 3.63) is 54.4 Å². The first-order valence-electron chi connectivity index (χ1n) is 8.15. The van der Waals surface area contributed by atoms with Gasteiger partial charge in [-0.1, -0.05) is 13.3 Å². The van der Waals surface area contributed by atoms with Gasteiger partial charge in [0.1, 0.15) is 0 Å². The number of pyridine rings is 1. The fourth-order valence-corrected chi connectivity index (χ4v) is 2.93. The van der Waals surface area contributed by atoms with Crippen LogP contribution < -0.4 is 5.32 Å². The number of nitrogens with zero attached hydrogens (tertiary/aromatic N) is 2. The number of aromatic nitrogens is 1. The highest BCUT2D eigenvalue weighted by Crippen LogP contribution is 2.15. The molecular weight excluding hydrogens is 338 g/mol. The molecule has 0 bridgehead atoms. The molecule has 25 heavy (non-hydrogen) atoms. The van der Waals surface area contributed by atoms with Crippen molar-refractivity contribution in [3.63, 3.8) is 0 Å². The van der Waals surface area contributed by atoms with Crippen LogP contribution in [0.5, 0.6) is 0 Å². The van der Waals surface area contributed by atoms with Crippen LogP contribution in [0.4, 0.5) is 10.5 Å². The van der Waals surface area contributed by atoms with Gasteiger partial charge < -0.3 is 10.2 Å². The third-order valence-corrected chi connectivity index (χ3v) is 4.85. The topological polar surface area (TPSA) is 79.4 Å². The summed E-state index contributed by atoms with van der Waals surface area (Å²) in [4.78, 5) is 18.5. The van der Waals surface area contributed by atoms with E-state index < -0.39 is 9.84 Å². The molecule has 1 aromatic heterocycles. The summed E-state index contributed by atoms with van der Waals surface area (Å²) in [6, 6.07) is 9.73. The molecule has 2 aromatic rings. The number of carbonyl (C=O) groups excluding carboxylic acids is 1. The van der Waals surface area contributed by atoms with Crippen molar-refractivity contribution < 1.29 is 13.2 Å². The number of rotatable bonds is 7. The molecule has 0 atom stereocenters. The highest BCUT2D eigenvalue weighted by atomic mass is 32.2. The average molecular weight is 361 g/mol. The second kappa shape index (κ2) is 8.62. The Hall–Kier alpha value is -2.41. The number of benzene rings is 1. The van der Waals surface area contributed by atoms with Crippen molar-refractivity contribution in [1.82, 2.24) is 9.88 Å². The smallest absolute Gasteiger partial charge is 0.320 e. The molecule has 0 fully saturated rings. The van der Waals surface area contributed by atoms with Crippen LogP contribution in [0.1, 0.15) is 25.3 Å². The van der Waals surface area contributed by atoms with Gasteiger partial charge in [0, 0.05) is 37.4 Å². The Morgan fingerprint density at radius 2 is 1.76 bits per heavy atom. The molecule has 0 unspecified atom stereocenters. The van der Waals surface area contributed by atoms with Crippen molar-refractivity contribution in [2.45, 2.75) is 31.2 Å². The molecule has 7 heteroatoms. The van der Waals surface area contributed by atoms with Gasteiger partial charge in [0.25, 0.3) is 0 Å². The lowest BCUT2D eigenvalue weighted by molar-refractivity contribution is 0.208. The normalized spacial score (nSPS) is 11.1. The van der Waals surface area contributed by atoms with E-state index in [9.17, 15) is 13.2 Å². The summed E-state index contributed by atoms with van der Waals surface area (Å²) in [6.45, 7) is 3.22. The molecule has 0 radical (unpaired) electrons. The van der Waals surface area contributed by atoms with E-state index in [1.807, 2.05) is 12.1 Å². The van der Waals surface area contributed by atoms with Crippen LogP contribution in [0.2, 0.25) is 0 Å². The molecule has 2 amide bonds. The number of sulfone groups is 1. The van der Waals surface area contributed by atoms with Gasteiger partial charge in [-0.3, -0.25) is 4.98 Å². The number of amides is 2. The van der Waals surface area contributed by atoms with Crippen LogP contribution in [-0.4, -0.2) is 37.1 Å². The minimum absolute atomic E-state index is 0.211. The molecule has 0 saturated carbocycles. The fraction of sp³-hybridized carbons (Fsp3) is 0.333. The third-order valence-electron chi connectivity index (χ3n) is 3.73. The van der Waals surface area contributed by atoms with E-state index in [-0.39, 0.29) is 10.9 Å². The highest BCUT2D eigenvalue weighted by Gasteiger charge is 2.14. The Kier molecular flexibility index (Phi) is 6.52. The Morgan fingerprint density at radius 1 is 1.12 bits per heavy atom. The summed E-state index contributed by atoms with van der Waals surface area (Å²) in [5.41, 5.74) is 1.57. The van der Waals surface area contributed by atoms with Crippen LogP contribution >= 0.6 is 0 Å². The number of hydrogen-bond donors (Lipinski definition) is 1. The Labute approximate surface area is 148 Å². The van der Waals surface area contributed by atoms with E-state index >= 15 is 0 Å². The SMILES string of the molecule is CCCCN(Cc1ccncc1)C(=O)Nc1ccc(S(C)(=O)=O)cc1. The van der Waals surface area contributed by atoms with Gasteiger partial charge in [-0.15, -0.1) is 0 Å². The molecular formula is C18H23N3O3S. The Bertz CT molecular complexity index is 790. The lowest BCUT2D eigenvalue weighted by atomic mass is 10.2. The highest BCUT2D eigenvalue weighted by molar-refractivity contribution is 7.90. The van der Waals surface area contributed by atoms with E-state index in [1.165, 1.54) is 12.1 Å². The van der Waals surface area contributed by atoms with Crippen molar-refractivity contribution >= 4 is 21.6 Å². The zero-order valence-corrected chi connectivity index (χ0v) is 15.3. The summed E-state index contributed by atoms with van der Waals surface area (Å²) in [6.07, 6.45) is 6.46. The minimum atomic E-state index is -3.25. The molecule has 1 heterocycles. The monoisotopic (exact) mass is 361 g/mol. The van der Waals surface area contributed by atoms with Crippen molar-refractivity contribution in [2.75, 3.05) is 18.1 Å². The number of anilines is 1. The summed E-state index contributed by atoms with van der Waals surface area (Å²) in [5, 5.41) is 2.83. The predicted molar refractivity (Wildman–Crippen MR) is 98.1 cm³/mol. The standard InChI is InChI=1S/C18H23N3O3S/c1-3-4-13-21(14-15-9-11-19-12-10-15)18(22)20-16-5-7-17(8-6-16)25(2,23)24/h5-12H,3-4,13-14H2,1-2H3,(H,20,22). The van der Waals surface area contributed by atoms with Gasteiger partial charge in [0.15, 0.2) is 9.84 Å². The number of hydrogen-bond acceptors (Lipinski definition) is 4. The maximum absolute atomic E-state index is 12.6. The van der Waals surface area contributed by atoms with Crippen LogP contribution in [0.15, 0.2) is 53.7 Å². The zero-order valence-electron chi connectivity index (χ0n) is 14.5. The Balaban J connectivity index is 2.08. The molecule has 134 valence electrons. The lowest BCUT2D eigenvalue weighted by Crippen LogP contribution is -2.35. The average Bonchev–Trinajstić information content (AvgIpc) is 2.59. The lowest BCUT2D eigenvalue weighted by Gasteiger charge is -2.23. The van der Waals surface area contributed by atoms with E-state index in [0.29, 0.717) is 18.8 Å². The first-order valence-corrected chi connectivity index (χ1v) is 10.0. The molecule has 1 aromatic carbocycles. The van der Waals surface area contributed by atoms with Crippen LogP contribution in [0.25, 0.3) is 0 Å². The first-order chi connectivity index (χ1) is 11.9. The van der Waals surface area contributed by atoms with Crippen molar-refractivity contribution in [3.8, 4) is 0 Å². The summed E-state index contributed by atoms with van der Waals surface area (Å²) in [5.74, 6) is 0. The van der Waals surface area contributed by atoms with Gasteiger partial charge in [-0.05, 0) is 48.4 Å². The summed E-state index contributed by atoms with van der Waals surface area (Å²) in [7, 11) is -3.25. The van der Waals surface area contributed by atoms with E-state index in [1.54, 1.807) is 29.4 Å². The van der Waals surface area contributed by atoms with Crippen LogP contribution in [0.3, 0.4) is 0 Å². The quantitative estimate of drug-likeness (QED) is 0.820. The molecule has 0 aliphatic rings. The second-order valence-electron chi connectivity index (χ2n) is 5.86. The molecule has 0 aliphatic carbocycles. The number of urea groups is 1. The maximum atomic E-state index is 12.6. The molecule has 0 spiro atoms. The first kappa shape index (κ1) is 18.9. The molecule has 1 N–H and O–H groups in total. The predicted octanol–water partition coefficient (Wildman–Crippen LogP) is 3.32. The fourth-order valence-electron chi connectivity index (χ4n) is 2.30. The van der Waals surface area contributed by atoms with Crippen LogP contribution in [0, 0.1) is 0 Å². The Morgan fingerprint density at radius 3 is 2.32 bits per heavy atom. The van der Waals surface area contributed by atoms with Crippen molar-refractivity contribution in [2.24, 2.45) is 0 Å². The third kappa shape index (κ3) is 5.86. The minimum Gasteiger partial charge on any atom is -0.320 e. The van der Waals surface area contributed by atoms with Crippen molar-refractivity contribution in [1.29, 1.82) is 0 Å². The largest absolute Gasteiger partial charge is 0.322 e. The van der Waals surface area contributed by atoms with E-state index in [0.717, 1.165) is 24.7 Å². The second-order valence-corrected chi connectivity index (χ2v) is 7.87. The van der Waals surface area contributed by atoms with E-state index in [2.05, 4.69) is 17.2 Å². The number of carbonyl (C=O) groups is 1. The molecule has 0 saturated heterocycles.